The third kappa shape index (κ3) is 2.54. The molecule has 2 rings (SSSR count). The van der Waals surface area contributed by atoms with Crippen molar-refractivity contribution in [3.8, 4) is 11.5 Å². The number of benzene rings is 1. The van der Waals surface area contributed by atoms with Gasteiger partial charge in [0.1, 0.15) is 23.5 Å². The predicted molar refractivity (Wildman–Crippen MR) is 57.4 cm³/mol. The summed E-state index contributed by atoms with van der Waals surface area (Å²) in [5.74, 6) is -0.781. The molecule has 1 aromatic carbocycles. The lowest BCUT2D eigenvalue weighted by Crippen LogP contribution is -2.22. The van der Waals surface area contributed by atoms with Crippen LogP contribution in [0.2, 0.25) is 0 Å². The lowest BCUT2D eigenvalue weighted by molar-refractivity contribution is 0.0947. The first kappa shape index (κ1) is 11.0. The minimum Gasteiger partial charge on any atom is -0.508 e. The van der Waals surface area contributed by atoms with Gasteiger partial charge in [-0.15, -0.1) is 0 Å². The Bertz CT molecular complexity index is 522. The number of hydrogen-bond acceptors (Lipinski definition) is 5. The van der Waals surface area contributed by atoms with Gasteiger partial charge in [0.15, 0.2) is 0 Å². The van der Waals surface area contributed by atoms with E-state index in [-0.39, 0.29) is 23.6 Å². The van der Waals surface area contributed by atoms with E-state index in [0.29, 0.717) is 5.69 Å². The van der Waals surface area contributed by atoms with E-state index in [2.05, 4.69) is 15.0 Å². The van der Waals surface area contributed by atoms with Crippen LogP contribution in [0.5, 0.6) is 11.5 Å². The topological polar surface area (TPSA) is 95.6 Å². The highest BCUT2D eigenvalue weighted by molar-refractivity contribution is 5.97. The van der Waals surface area contributed by atoms with Crippen LogP contribution in [0.4, 0.5) is 0 Å². The molecule has 0 radical (unpaired) electrons. The van der Waals surface area contributed by atoms with Crippen LogP contribution in [-0.4, -0.2) is 21.3 Å². The SMILES string of the molecule is O=C(NCc1ccon1)c1cc(O)ccc1O. The average Bonchev–Trinajstić information content (AvgIpc) is 2.82. The van der Waals surface area contributed by atoms with E-state index >= 15 is 0 Å². The summed E-state index contributed by atoms with van der Waals surface area (Å²) in [6.07, 6.45) is 1.40. The molecule has 0 saturated heterocycles. The third-order valence-electron chi connectivity index (χ3n) is 2.15. The smallest absolute Gasteiger partial charge is 0.255 e. The summed E-state index contributed by atoms with van der Waals surface area (Å²) in [6.45, 7) is 0.185. The van der Waals surface area contributed by atoms with Crippen molar-refractivity contribution in [1.82, 2.24) is 10.5 Å². The number of nitrogens with one attached hydrogen (secondary N) is 1. The number of carbonyl (C=O) groups is 1. The Morgan fingerprint density at radius 2 is 2.18 bits per heavy atom. The molecule has 0 bridgehead atoms. The van der Waals surface area contributed by atoms with Gasteiger partial charge in [0.2, 0.25) is 0 Å². The Kier molecular flexibility index (Phi) is 2.95. The maximum atomic E-state index is 11.7. The van der Waals surface area contributed by atoms with E-state index in [0.717, 1.165) is 0 Å². The van der Waals surface area contributed by atoms with Crippen LogP contribution in [0, 0.1) is 0 Å². The molecule has 3 N–H and O–H groups in total. The molecule has 6 nitrogen and oxygen atoms in total. The van der Waals surface area contributed by atoms with Crippen molar-refractivity contribution in [2.75, 3.05) is 0 Å². The maximum Gasteiger partial charge on any atom is 0.255 e. The largest absolute Gasteiger partial charge is 0.508 e. The number of nitrogens with zero attached hydrogens (tertiary/aromatic N) is 1. The molecule has 0 aliphatic heterocycles. The van der Waals surface area contributed by atoms with Crippen molar-refractivity contribution in [3.63, 3.8) is 0 Å². The van der Waals surface area contributed by atoms with Gasteiger partial charge in [-0.1, -0.05) is 5.16 Å². The Balaban J connectivity index is 2.07. The van der Waals surface area contributed by atoms with Crippen molar-refractivity contribution in [1.29, 1.82) is 0 Å². The normalized spacial score (nSPS) is 10.1. The second kappa shape index (κ2) is 4.56. The first-order valence-corrected chi connectivity index (χ1v) is 4.86. The molecule has 17 heavy (non-hydrogen) atoms. The van der Waals surface area contributed by atoms with Crippen LogP contribution < -0.4 is 5.32 Å². The number of rotatable bonds is 3. The van der Waals surface area contributed by atoms with Gasteiger partial charge in [0, 0.05) is 6.07 Å². The van der Waals surface area contributed by atoms with Gasteiger partial charge >= 0.3 is 0 Å². The Hall–Kier alpha value is -2.50. The Morgan fingerprint density at radius 1 is 1.35 bits per heavy atom. The summed E-state index contributed by atoms with van der Waals surface area (Å²) in [6, 6.07) is 5.35. The van der Waals surface area contributed by atoms with E-state index in [4.69, 9.17) is 0 Å². The summed E-state index contributed by atoms with van der Waals surface area (Å²) in [5, 5.41) is 24.8. The summed E-state index contributed by atoms with van der Waals surface area (Å²) < 4.78 is 4.60. The zero-order chi connectivity index (χ0) is 12.3. The number of phenols is 2. The molecular formula is C11H10N2O4. The van der Waals surface area contributed by atoms with Crippen molar-refractivity contribution < 1.29 is 19.5 Å². The molecule has 1 amide bonds. The second-order valence-electron chi connectivity index (χ2n) is 3.37. The van der Waals surface area contributed by atoms with Crippen molar-refractivity contribution >= 4 is 5.91 Å². The minimum atomic E-state index is -0.499. The minimum absolute atomic E-state index is 0.00787. The molecule has 0 saturated carbocycles. The first-order valence-electron chi connectivity index (χ1n) is 4.86. The fraction of sp³-hybridized carbons (Fsp3) is 0.0909. The number of amides is 1. The van der Waals surface area contributed by atoms with Gasteiger partial charge in [-0.2, -0.15) is 0 Å². The molecular weight excluding hydrogens is 224 g/mol. The summed E-state index contributed by atoms with van der Waals surface area (Å²) in [4.78, 5) is 11.7. The molecule has 0 fully saturated rings. The zero-order valence-electron chi connectivity index (χ0n) is 8.75. The average molecular weight is 234 g/mol. The number of aromatic hydroxyl groups is 2. The lowest BCUT2D eigenvalue weighted by Gasteiger charge is -2.05. The van der Waals surface area contributed by atoms with E-state index in [9.17, 15) is 15.0 Å². The number of phenolic OH excluding ortho intramolecular Hbond substituents is 2. The first-order chi connectivity index (χ1) is 8.16. The van der Waals surface area contributed by atoms with Crippen LogP contribution in [0.3, 0.4) is 0 Å². The predicted octanol–water partition coefficient (Wildman–Crippen LogP) is 1.02. The standard InChI is InChI=1S/C11H10N2O4/c14-8-1-2-10(15)9(5-8)11(16)12-6-7-3-4-17-13-7/h1-5,14-15H,6H2,(H,12,16). The van der Waals surface area contributed by atoms with E-state index in [1.165, 1.54) is 24.5 Å². The highest BCUT2D eigenvalue weighted by atomic mass is 16.5. The third-order valence-corrected chi connectivity index (χ3v) is 2.15. The molecule has 2 aromatic rings. The van der Waals surface area contributed by atoms with E-state index in [1.54, 1.807) is 6.07 Å². The second-order valence-corrected chi connectivity index (χ2v) is 3.37. The van der Waals surface area contributed by atoms with Gasteiger partial charge < -0.3 is 20.1 Å². The number of aromatic nitrogens is 1. The Morgan fingerprint density at radius 3 is 2.88 bits per heavy atom. The molecule has 0 aliphatic carbocycles. The van der Waals surface area contributed by atoms with Crippen molar-refractivity contribution in [3.05, 3.63) is 41.8 Å². The highest BCUT2D eigenvalue weighted by Crippen LogP contribution is 2.21. The van der Waals surface area contributed by atoms with Gasteiger partial charge in [0.05, 0.1) is 12.1 Å². The monoisotopic (exact) mass is 234 g/mol. The van der Waals surface area contributed by atoms with E-state index < -0.39 is 5.91 Å². The van der Waals surface area contributed by atoms with Crippen molar-refractivity contribution in [2.45, 2.75) is 6.54 Å². The highest BCUT2D eigenvalue weighted by Gasteiger charge is 2.12. The molecule has 0 atom stereocenters. The van der Waals surface area contributed by atoms with Gasteiger partial charge in [0.25, 0.3) is 5.91 Å². The van der Waals surface area contributed by atoms with Crippen molar-refractivity contribution in [2.24, 2.45) is 0 Å². The molecule has 0 aliphatic rings. The molecule has 88 valence electrons. The molecule has 0 unspecified atom stereocenters. The molecule has 0 spiro atoms. The summed E-state index contributed by atoms with van der Waals surface area (Å²) in [5.41, 5.74) is 0.575. The molecule has 6 heteroatoms. The van der Waals surface area contributed by atoms with Gasteiger partial charge in [-0.3, -0.25) is 4.79 Å². The lowest BCUT2D eigenvalue weighted by atomic mass is 10.1. The van der Waals surface area contributed by atoms with Crippen LogP contribution in [0.15, 0.2) is 35.1 Å². The fourth-order valence-electron chi connectivity index (χ4n) is 1.30. The zero-order valence-corrected chi connectivity index (χ0v) is 8.75. The van der Waals surface area contributed by atoms with E-state index in [1.807, 2.05) is 0 Å². The summed E-state index contributed by atoms with van der Waals surface area (Å²) in [7, 11) is 0. The van der Waals surface area contributed by atoms with Crippen LogP contribution in [0.25, 0.3) is 0 Å². The maximum absolute atomic E-state index is 11.7. The molecule has 1 aromatic heterocycles. The quantitative estimate of drug-likeness (QED) is 0.689. The Labute approximate surface area is 96.5 Å². The van der Waals surface area contributed by atoms with Gasteiger partial charge in [-0.25, -0.2) is 0 Å². The van der Waals surface area contributed by atoms with Crippen LogP contribution in [0.1, 0.15) is 16.1 Å². The number of carbonyl (C=O) groups excluding carboxylic acids is 1. The van der Waals surface area contributed by atoms with Crippen LogP contribution in [-0.2, 0) is 6.54 Å². The fourth-order valence-corrected chi connectivity index (χ4v) is 1.30. The van der Waals surface area contributed by atoms with Crippen LogP contribution >= 0.6 is 0 Å². The number of hydrogen-bond donors (Lipinski definition) is 3. The van der Waals surface area contributed by atoms with Gasteiger partial charge in [-0.05, 0) is 18.2 Å². The molecule has 1 heterocycles. The summed E-state index contributed by atoms with van der Waals surface area (Å²) >= 11 is 0.